The Morgan fingerprint density at radius 2 is 1.92 bits per heavy atom. The summed E-state index contributed by atoms with van der Waals surface area (Å²) in [5.41, 5.74) is 0.668. The summed E-state index contributed by atoms with van der Waals surface area (Å²) in [5, 5.41) is 14.3. The van der Waals surface area contributed by atoms with Crippen molar-refractivity contribution in [2.45, 2.75) is 18.9 Å². The van der Waals surface area contributed by atoms with E-state index in [-0.39, 0.29) is 18.7 Å². The first-order valence-corrected chi connectivity index (χ1v) is 8.44. The predicted octanol–water partition coefficient (Wildman–Crippen LogP) is 2.17. The van der Waals surface area contributed by atoms with Crippen LogP contribution in [0.25, 0.3) is 0 Å². The largest absolute Gasteiger partial charge is 0.479 e. The average molecular weight is 352 g/mol. The van der Waals surface area contributed by atoms with Crippen LogP contribution in [0.2, 0.25) is 0 Å². The lowest BCUT2D eigenvalue weighted by atomic mass is 10.1. The number of nitrogens with one attached hydrogen (secondary N) is 2. The number of urea groups is 1. The zero-order chi connectivity index (χ0) is 18.2. The Bertz CT molecular complexity index is 752. The van der Waals surface area contributed by atoms with Crippen LogP contribution in [0.1, 0.15) is 12.8 Å². The molecule has 1 aromatic carbocycles. The minimum atomic E-state index is -0.231. The highest BCUT2D eigenvalue weighted by Gasteiger charge is 2.22. The lowest BCUT2D eigenvalue weighted by molar-refractivity contribution is 0.246. The number of hydrogen-bond donors (Lipinski definition) is 2. The van der Waals surface area contributed by atoms with Gasteiger partial charge >= 0.3 is 6.03 Å². The number of carbonyl (C=O) groups excluding carboxylic acids is 1. The number of nitriles is 1. The number of nitrogens with zero attached hydrogens (tertiary/aromatic N) is 4. The number of anilines is 2. The van der Waals surface area contributed by atoms with E-state index in [2.05, 4.69) is 25.5 Å². The molecule has 134 valence electrons. The molecule has 1 aromatic heterocycles. The molecule has 0 atom stereocenters. The van der Waals surface area contributed by atoms with Crippen molar-refractivity contribution >= 4 is 17.7 Å². The van der Waals surface area contributed by atoms with Gasteiger partial charge in [-0.3, -0.25) is 0 Å². The molecule has 2 amide bonds. The van der Waals surface area contributed by atoms with Gasteiger partial charge in [0.25, 0.3) is 0 Å². The summed E-state index contributed by atoms with van der Waals surface area (Å²) in [4.78, 5) is 22.8. The summed E-state index contributed by atoms with van der Waals surface area (Å²) in [6.45, 7) is 1.61. The molecule has 26 heavy (non-hydrogen) atoms. The number of ether oxygens (including phenoxy) is 1. The van der Waals surface area contributed by atoms with E-state index in [9.17, 15) is 4.79 Å². The molecule has 0 bridgehead atoms. The maximum atomic E-state index is 12.2. The molecular formula is C18H20N6O2. The lowest BCUT2D eigenvalue weighted by Crippen LogP contribution is -2.46. The first kappa shape index (κ1) is 17.5. The van der Waals surface area contributed by atoms with Crippen LogP contribution < -0.4 is 20.3 Å². The molecule has 1 aliphatic rings. The average Bonchev–Trinajstić information content (AvgIpc) is 2.69. The third kappa shape index (κ3) is 4.83. The van der Waals surface area contributed by atoms with E-state index in [1.807, 2.05) is 6.07 Å². The number of amides is 2. The highest BCUT2D eigenvalue weighted by atomic mass is 16.5. The van der Waals surface area contributed by atoms with Gasteiger partial charge in [-0.05, 0) is 43.2 Å². The van der Waals surface area contributed by atoms with Crippen molar-refractivity contribution in [3.63, 3.8) is 0 Å². The van der Waals surface area contributed by atoms with Crippen LogP contribution >= 0.6 is 0 Å². The second kappa shape index (κ2) is 8.67. The fourth-order valence-corrected chi connectivity index (χ4v) is 2.78. The molecule has 0 saturated carbocycles. The van der Waals surface area contributed by atoms with Crippen molar-refractivity contribution < 1.29 is 9.53 Å². The maximum Gasteiger partial charge on any atom is 0.319 e. The van der Waals surface area contributed by atoms with Gasteiger partial charge in [-0.2, -0.15) is 5.26 Å². The summed E-state index contributed by atoms with van der Waals surface area (Å²) in [5.74, 6) is 1.32. The molecule has 2 N–H and O–H groups in total. The predicted molar refractivity (Wildman–Crippen MR) is 97.0 cm³/mol. The summed E-state index contributed by atoms with van der Waals surface area (Å²) < 4.78 is 5.18. The van der Waals surface area contributed by atoms with Crippen molar-refractivity contribution in [1.82, 2.24) is 15.3 Å². The van der Waals surface area contributed by atoms with Gasteiger partial charge in [0.05, 0.1) is 0 Å². The van der Waals surface area contributed by atoms with Crippen LogP contribution in [0.5, 0.6) is 5.75 Å². The van der Waals surface area contributed by atoms with Crippen molar-refractivity contribution in [2.75, 3.05) is 29.9 Å². The monoisotopic (exact) mass is 352 g/mol. The van der Waals surface area contributed by atoms with E-state index in [0.29, 0.717) is 11.4 Å². The second-order valence-corrected chi connectivity index (χ2v) is 5.88. The summed E-state index contributed by atoms with van der Waals surface area (Å²) >= 11 is 0. The van der Waals surface area contributed by atoms with Crippen molar-refractivity contribution in [3.8, 4) is 11.8 Å². The van der Waals surface area contributed by atoms with Crippen LogP contribution in [0.4, 0.5) is 16.4 Å². The Morgan fingerprint density at radius 1 is 1.23 bits per heavy atom. The number of aromatic nitrogens is 2. The minimum absolute atomic E-state index is 0.0000193. The van der Waals surface area contributed by atoms with Crippen LogP contribution in [0, 0.1) is 11.3 Å². The first-order chi connectivity index (χ1) is 12.7. The van der Waals surface area contributed by atoms with Crippen molar-refractivity contribution in [1.29, 1.82) is 5.26 Å². The number of piperidine rings is 1. The Labute approximate surface area is 151 Å². The molecule has 2 heterocycles. The second-order valence-electron chi connectivity index (χ2n) is 5.88. The summed E-state index contributed by atoms with van der Waals surface area (Å²) in [6, 6.07) is 10.5. The van der Waals surface area contributed by atoms with Gasteiger partial charge in [-0.25, -0.2) is 14.8 Å². The van der Waals surface area contributed by atoms with Crippen LogP contribution in [0.3, 0.4) is 0 Å². The van der Waals surface area contributed by atoms with Crippen LogP contribution in [-0.2, 0) is 0 Å². The van der Waals surface area contributed by atoms with Gasteiger partial charge < -0.3 is 20.3 Å². The Hall–Kier alpha value is -3.34. The van der Waals surface area contributed by atoms with Gasteiger partial charge in [-0.15, -0.1) is 0 Å². The summed E-state index contributed by atoms with van der Waals surface area (Å²) in [6.07, 6.45) is 5.15. The fraction of sp³-hybridized carbons (Fsp3) is 0.333. The molecule has 0 radical (unpaired) electrons. The molecule has 3 rings (SSSR count). The molecule has 1 saturated heterocycles. The van der Waals surface area contributed by atoms with Crippen molar-refractivity contribution in [3.05, 3.63) is 42.7 Å². The van der Waals surface area contributed by atoms with Gasteiger partial charge in [0.1, 0.15) is 11.8 Å². The van der Waals surface area contributed by atoms with E-state index in [0.717, 1.165) is 31.9 Å². The van der Waals surface area contributed by atoms with Gasteiger partial charge in [-0.1, -0.05) is 0 Å². The molecule has 0 aliphatic carbocycles. The molecular weight excluding hydrogens is 332 g/mol. The molecule has 0 spiro atoms. The normalized spacial score (nSPS) is 14.3. The number of carbonyl (C=O) groups is 1. The Kier molecular flexibility index (Phi) is 5.83. The summed E-state index contributed by atoms with van der Waals surface area (Å²) in [7, 11) is 0. The molecule has 2 aromatic rings. The highest BCUT2D eigenvalue weighted by Crippen LogP contribution is 2.17. The topological polar surface area (TPSA) is 103 Å². The van der Waals surface area contributed by atoms with Crippen molar-refractivity contribution in [2.24, 2.45) is 0 Å². The zero-order valence-corrected chi connectivity index (χ0v) is 14.3. The maximum absolute atomic E-state index is 12.2. The van der Waals surface area contributed by atoms with Crippen LogP contribution in [0.15, 0.2) is 42.7 Å². The molecule has 1 fully saturated rings. The van der Waals surface area contributed by atoms with Gasteiger partial charge in [0.2, 0.25) is 5.95 Å². The molecule has 1 aliphatic heterocycles. The lowest BCUT2D eigenvalue weighted by Gasteiger charge is -2.32. The van der Waals surface area contributed by atoms with E-state index >= 15 is 0 Å². The number of hydrogen-bond acceptors (Lipinski definition) is 6. The first-order valence-electron chi connectivity index (χ1n) is 8.44. The Balaban J connectivity index is 1.43. The minimum Gasteiger partial charge on any atom is -0.479 e. The standard InChI is InChI=1S/C18H20N6O2/c19-8-13-26-16-4-2-14(3-5-16)22-18(25)23-15-6-11-24(12-7-15)17-20-9-1-10-21-17/h1-5,9-10,15H,6-7,11-13H2,(H2,22,23,25). The quantitative estimate of drug-likeness (QED) is 0.855. The zero-order valence-electron chi connectivity index (χ0n) is 14.3. The van der Waals surface area contributed by atoms with E-state index < -0.39 is 0 Å². The van der Waals surface area contributed by atoms with E-state index in [1.165, 1.54) is 0 Å². The molecule has 8 heteroatoms. The molecule has 0 unspecified atom stereocenters. The smallest absolute Gasteiger partial charge is 0.319 e. The third-order valence-electron chi connectivity index (χ3n) is 4.08. The molecule has 8 nitrogen and oxygen atoms in total. The van der Waals surface area contributed by atoms with E-state index in [4.69, 9.17) is 10.00 Å². The SMILES string of the molecule is N#CCOc1ccc(NC(=O)NC2CCN(c3ncccn3)CC2)cc1. The van der Waals surface area contributed by atoms with Gasteiger partial charge in [0.15, 0.2) is 6.61 Å². The van der Waals surface area contributed by atoms with Gasteiger partial charge in [0, 0.05) is 37.2 Å². The number of benzene rings is 1. The fourth-order valence-electron chi connectivity index (χ4n) is 2.78. The van der Waals surface area contributed by atoms with E-state index in [1.54, 1.807) is 42.7 Å². The number of rotatable bonds is 5. The highest BCUT2D eigenvalue weighted by molar-refractivity contribution is 5.89. The third-order valence-corrected chi connectivity index (χ3v) is 4.08. The van der Waals surface area contributed by atoms with Crippen LogP contribution in [-0.4, -0.2) is 41.7 Å². The Morgan fingerprint density at radius 3 is 2.58 bits per heavy atom.